The van der Waals surface area contributed by atoms with Gasteiger partial charge in [0.15, 0.2) is 0 Å². The lowest BCUT2D eigenvalue weighted by molar-refractivity contribution is 0.627. The lowest BCUT2D eigenvalue weighted by Crippen LogP contribution is -2.04. The van der Waals surface area contributed by atoms with E-state index in [1.165, 1.54) is 12.1 Å². The third-order valence-corrected chi connectivity index (χ3v) is 4.09. The van der Waals surface area contributed by atoms with Crippen molar-refractivity contribution in [3.05, 3.63) is 34.3 Å². The number of imidazole rings is 1. The Balaban J connectivity index is 2.14. The molecular formula is C14H15BrFN3. The second-order valence-corrected chi connectivity index (χ2v) is 5.70. The predicted octanol–water partition coefficient (Wildman–Crippen LogP) is 3.93. The summed E-state index contributed by atoms with van der Waals surface area (Å²) in [6.45, 7) is 2.07. The molecule has 100 valence electrons. The highest BCUT2D eigenvalue weighted by Gasteiger charge is 2.29. The number of benzene rings is 1. The zero-order chi connectivity index (χ0) is 13.6. The van der Waals surface area contributed by atoms with Gasteiger partial charge in [-0.05, 0) is 47.0 Å². The summed E-state index contributed by atoms with van der Waals surface area (Å²) in [5, 5.41) is 0. The van der Waals surface area contributed by atoms with Crippen LogP contribution in [0.1, 0.15) is 31.6 Å². The number of aromatic nitrogens is 2. The van der Waals surface area contributed by atoms with Crippen LogP contribution in [0, 0.1) is 5.82 Å². The molecule has 0 unspecified atom stereocenters. The molecule has 1 aromatic carbocycles. The SMILES string of the molecule is CCc1nc(-c2ccc(F)cc2Br)c(N)n1C1CC1. The Kier molecular flexibility index (Phi) is 3.09. The Labute approximate surface area is 119 Å². The molecule has 1 heterocycles. The zero-order valence-corrected chi connectivity index (χ0v) is 12.2. The molecule has 0 aliphatic heterocycles. The summed E-state index contributed by atoms with van der Waals surface area (Å²) in [7, 11) is 0. The molecule has 5 heteroatoms. The van der Waals surface area contributed by atoms with E-state index in [-0.39, 0.29) is 5.82 Å². The van der Waals surface area contributed by atoms with Gasteiger partial charge in [0, 0.05) is 22.5 Å². The van der Waals surface area contributed by atoms with Gasteiger partial charge >= 0.3 is 0 Å². The van der Waals surface area contributed by atoms with E-state index in [1.54, 1.807) is 6.07 Å². The second kappa shape index (κ2) is 4.63. The molecule has 1 aliphatic carbocycles. The van der Waals surface area contributed by atoms with Crippen LogP contribution < -0.4 is 5.73 Å². The number of halogens is 2. The molecule has 3 nitrogen and oxygen atoms in total. The standard InChI is InChI=1S/C14H15BrFN3/c1-2-12-18-13(14(17)19(12)9-4-5-9)10-6-3-8(16)7-11(10)15/h3,6-7,9H,2,4-5,17H2,1H3. The van der Waals surface area contributed by atoms with Gasteiger partial charge in [0.2, 0.25) is 0 Å². The van der Waals surface area contributed by atoms with Gasteiger partial charge in [-0.15, -0.1) is 0 Å². The molecule has 1 aromatic heterocycles. The molecule has 1 aliphatic rings. The summed E-state index contributed by atoms with van der Waals surface area (Å²) in [6.07, 6.45) is 3.18. The maximum absolute atomic E-state index is 13.2. The van der Waals surface area contributed by atoms with E-state index in [9.17, 15) is 4.39 Å². The van der Waals surface area contributed by atoms with E-state index in [2.05, 4.69) is 32.4 Å². The molecule has 1 fully saturated rings. The van der Waals surface area contributed by atoms with Crippen LogP contribution in [0.4, 0.5) is 10.2 Å². The molecule has 0 radical (unpaired) electrons. The van der Waals surface area contributed by atoms with Gasteiger partial charge in [0.05, 0.1) is 0 Å². The fourth-order valence-corrected chi connectivity index (χ4v) is 2.90. The largest absolute Gasteiger partial charge is 0.383 e. The van der Waals surface area contributed by atoms with Crippen molar-refractivity contribution in [2.24, 2.45) is 0 Å². The summed E-state index contributed by atoms with van der Waals surface area (Å²) in [5.41, 5.74) is 7.83. The first-order chi connectivity index (χ1) is 9.11. The smallest absolute Gasteiger partial charge is 0.132 e. The molecule has 0 bridgehead atoms. The minimum absolute atomic E-state index is 0.272. The van der Waals surface area contributed by atoms with Crippen LogP contribution in [0.2, 0.25) is 0 Å². The van der Waals surface area contributed by atoms with Crippen molar-refractivity contribution in [1.82, 2.24) is 9.55 Å². The van der Waals surface area contributed by atoms with Crippen LogP contribution in [0.3, 0.4) is 0 Å². The molecule has 0 saturated heterocycles. The molecule has 2 N–H and O–H groups in total. The zero-order valence-electron chi connectivity index (χ0n) is 10.7. The number of nitrogen functional groups attached to an aromatic ring is 1. The van der Waals surface area contributed by atoms with Crippen molar-refractivity contribution in [2.75, 3.05) is 5.73 Å². The first-order valence-electron chi connectivity index (χ1n) is 6.43. The monoisotopic (exact) mass is 323 g/mol. The Morgan fingerprint density at radius 3 is 2.79 bits per heavy atom. The fraction of sp³-hybridized carbons (Fsp3) is 0.357. The van der Waals surface area contributed by atoms with Crippen LogP contribution in [0.15, 0.2) is 22.7 Å². The molecule has 3 rings (SSSR count). The summed E-state index contributed by atoms with van der Waals surface area (Å²) in [6, 6.07) is 5.09. The summed E-state index contributed by atoms with van der Waals surface area (Å²) >= 11 is 3.38. The van der Waals surface area contributed by atoms with Crippen molar-refractivity contribution in [2.45, 2.75) is 32.2 Å². The van der Waals surface area contributed by atoms with Crippen LogP contribution in [0.25, 0.3) is 11.3 Å². The van der Waals surface area contributed by atoms with Crippen molar-refractivity contribution in [3.8, 4) is 11.3 Å². The van der Waals surface area contributed by atoms with Crippen molar-refractivity contribution in [1.29, 1.82) is 0 Å². The van der Waals surface area contributed by atoms with Gasteiger partial charge in [0.1, 0.15) is 23.2 Å². The van der Waals surface area contributed by atoms with Gasteiger partial charge < -0.3 is 10.3 Å². The molecule has 19 heavy (non-hydrogen) atoms. The summed E-state index contributed by atoms with van der Waals surface area (Å²) < 4.78 is 16.0. The van der Waals surface area contributed by atoms with E-state index < -0.39 is 0 Å². The topological polar surface area (TPSA) is 43.8 Å². The average Bonchev–Trinajstić information content (AvgIpc) is 3.14. The molecule has 0 spiro atoms. The molecule has 2 aromatic rings. The average molecular weight is 324 g/mol. The van der Waals surface area contributed by atoms with Gasteiger partial charge in [0.25, 0.3) is 0 Å². The minimum Gasteiger partial charge on any atom is -0.383 e. The van der Waals surface area contributed by atoms with Gasteiger partial charge in [-0.25, -0.2) is 9.37 Å². The third kappa shape index (κ3) is 2.16. The van der Waals surface area contributed by atoms with Crippen molar-refractivity contribution >= 4 is 21.7 Å². The van der Waals surface area contributed by atoms with Crippen LogP contribution in [-0.4, -0.2) is 9.55 Å². The summed E-state index contributed by atoms with van der Waals surface area (Å²) in [5.74, 6) is 1.42. The lowest BCUT2D eigenvalue weighted by atomic mass is 10.1. The maximum Gasteiger partial charge on any atom is 0.132 e. The van der Waals surface area contributed by atoms with E-state index in [4.69, 9.17) is 5.73 Å². The van der Waals surface area contributed by atoms with E-state index in [0.717, 1.165) is 36.3 Å². The number of nitrogens with two attached hydrogens (primary N) is 1. The molecule has 0 amide bonds. The molecular weight excluding hydrogens is 309 g/mol. The highest BCUT2D eigenvalue weighted by atomic mass is 79.9. The highest BCUT2D eigenvalue weighted by molar-refractivity contribution is 9.10. The van der Waals surface area contributed by atoms with Gasteiger partial charge in [-0.2, -0.15) is 0 Å². The van der Waals surface area contributed by atoms with Crippen LogP contribution >= 0.6 is 15.9 Å². The maximum atomic E-state index is 13.2. The highest BCUT2D eigenvalue weighted by Crippen LogP contribution is 2.42. The first kappa shape index (κ1) is 12.7. The predicted molar refractivity (Wildman–Crippen MR) is 77.4 cm³/mol. The van der Waals surface area contributed by atoms with Gasteiger partial charge in [-0.1, -0.05) is 6.92 Å². The van der Waals surface area contributed by atoms with Gasteiger partial charge in [-0.3, -0.25) is 0 Å². The first-order valence-corrected chi connectivity index (χ1v) is 7.23. The Hall–Kier alpha value is -1.36. The Bertz CT molecular complexity index is 632. The number of nitrogens with zero attached hydrogens (tertiary/aromatic N) is 2. The van der Waals surface area contributed by atoms with Crippen molar-refractivity contribution < 1.29 is 4.39 Å². The molecule has 0 atom stereocenters. The number of hydrogen-bond acceptors (Lipinski definition) is 2. The van der Waals surface area contributed by atoms with E-state index in [1.807, 2.05) is 0 Å². The summed E-state index contributed by atoms with van der Waals surface area (Å²) in [4.78, 5) is 4.64. The quantitative estimate of drug-likeness (QED) is 0.930. The van der Waals surface area contributed by atoms with E-state index in [0.29, 0.717) is 16.3 Å². The Morgan fingerprint density at radius 1 is 1.47 bits per heavy atom. The minimum atomic E-state index is -0.272. The number of rotatable bonds is 3. The molecule has 1 saturated carbocycles. The van der Waals surface area contributed by atoms with Crippen LogP contribution in [-0.2, 0) is 6.42 Å². The van der Waals surface area contributed by atoms with Crippen LogP contribution in [0.5, 0.6) is 0 Å². The lowest BCUT2D eigenvalue weighted by Gasteiger charge is -2.07. The third-order valence-electron chi connectivity index (χ3n) is 3.44. The number of hydrogen-bond donors (Lipinski definition) is 1. The second-order valence-electron chi connectivity index (χ2n) is 4.84. The normalized spacial score (nSPS) is 14.9. The number of anilines is 1. The number of aryl methyl sites for hydroxylation is 1. The fourth-order valence-electron chi connectivity index (χ4n) is 2.36. The van der Waals surface area contributed by atoms with E-state index >= 15 is 0 Å². The Morgan fingerprint density at radius 2 is 2.21 bits per heavy atom. The van der Waals surface area contributed by atoms with Crippen molar-refractivity contribution in [3.63, 3.8) is 0 Å².